The number of fused-ring (bicyclic) bond motifs is 1. The molecule has 2 heterocycles. The number of hydrogen-bond donors (Lipinski definition) is 1. The summed E-state index contributed by atoms with van der Waals surface area (Å²) in [5.41, 5.74) is 2.27. The summed E-state index contributed by atoms with van der Waals surface area (Å²) in [5, 5.41) is 4.66. The van der Waals surface area contributed by atoms with Crippen LogP contribution in [0.15, 0.2) is 60.7 Å². The Balaban J connectivity index is 1.12. The number of aromatic nitrogens is 1. The number of anilines is 2. The molecule has 0 aliphatic carbocycles. The fraction of sp³-hybridized carbons (Fsp3) is 0.400. The van der Waals surface area contributed by atoms with Gasteiger partial charge in [0.25, 0.3) is 0 Å². The smallest absolute Gasteiger partial charge is 0.142 e. The van der Waals surface area contributed by atoms with E-state index in [0.29, 0.717) is 0 Å². The lowest BCUT2D eigenvalue weighted by Gasteiger charge is -2.36. The lowest BCUT2D eigenvalue weighted by atomic mass is 10.2. The maximum Gasteiger partial charge on any atom is 0.142 e. The summed E-state index contributed by atoms with van der Waals surface area (Å²) in [6.45, 7) is 6.54. The van der Waals surface area contributed by atoms with Crippen molar-refractivity contribution < 1.29 is 4.74 Å². The number of nitrogens with one attached hydrogen (secondary N) is 1. The van der Waals surface area contributed by atoms with Gasteiger partial charge >= 0.3 is 0 Å². The predicted octanol–water partition coefficient (Wildman–Crippen LogP) is 4.65. The molecule has 1 aliphatic heterocycles. The molecule has 3 aromatic rings. The molecule has 2 aromatic carbocycles. The van der Waals surface area contributed by atoms with Crippen molar-refractivity contribution >= 4 is 22.4 Å². The van der Waals surface area contributed by atoms with Gasteiger partial charge in [-0.05, 0) is 49.7 Å². The number of piperazine rings is 1. The summed E-state index contributed by atoms with van der Waals surface area (Å²) in [6, 6.07) is 20.8. The molecule has 1 aliphatic rings. The molecule has 1 saturated heterocycles. The van der Waals surface area contributed by atoms with E-state index in [4.69, 9.17) is 4.74 Å². The van der Waals surface area contributed by atoms with Crippen molar-refractivity contribution in [3.05, 3.63) is 60.7 Å². The minimum atomic E-state index is 0.972. The third kappa shape index (κ3) is 5.22. The van der Waals surface area contributed by atoms with E-state index in [1.165, 1.54) is 36.9 Å². The van der Waals surface area contributed by atoms with Gasteiger partial charge in [0.05, 0.1) is 18.3 Å². The zero-order chi connectivity index (χ0) is 20.6. The highest BCUT2D eigenvalue weighted by molar-refractivity contribution is 5.80. The number of unbranched alkanes of at least 4 members (excludes halogenated alkanes) is 2. The van der Waals surface area contributed by atoms with E-state index in [-0.39, 0.29) is 0 Å². The van der Waals surface area contributed by atoms with Crippen LogP contribution in [-0.4, -0.2) is 56.3 Å². The number of nitrogens with zero attached hydrogens (tertiary/aromatic N) is 3. The molecular weight excluding hydrogens is 372 g/mol. The normalized spacial score (nSPS) is 14.8. The molecule has 158 valence electrons. The summed E-state index contributed by atoms with van der Waals surface area (Å²) < 4.78 is 5.52. The maximum atomic E-state index is 5.52. The third-order valence-corrected chi connectivity index (χ3v) is 5.85. The third-order valence-electron chi connectivity index (χ3n) is 5.85. The van der Waals surface area contributed by atoms with Crippen LogP contribution in [-0.2, 0) is 0 Å². The molecule has 1 aromatic heterocycles. The van der Waals surface area contributed by atoms with Crippen LogP contribution in [0.3, 0.4) is 0 Å². The quantitative estimate of drug-likeness (QED) is 0.526. The second-order valence-electron chi connectivity index (χ2n) is 7.88. The Morgan fingerprint density at radius 2 is 1.67 bits per heavy atom. The molecule has 1 fully saturated rings. The lowest BCUT2D eigenvalue weighted by molar-refractivity contribution is 0.252. The number of rotatable bonds is 9. The van der Waals surface area contributed by atoms with Gasteiger partial charge in [-0.3, -0.25) is 4.90 Å². The summed E-state index contributed by atoms with van der Waals surface area (Å²) in [4.78, 5) is 9.71. The van der Waals surface area contributed by atoms with Crippen LogP contribution in [0.4, 0.5) is 11.5 Å². The van der Waals surface area contributed by atoms with Crippen molar-refractivity contribution in [3.8, 4) is 5.75 Å². The van der Waals surface area contributed by atoms with Crippen LogP contribution < -0.4 is 15.0 Å². The first-order valence-corrected chi connectivity index (χ1v) is 11.0. The van der Waals surface area contributed by atoms with E-state index >= 15 is 0 Å². The van der Waals surface area contributed by atoms with Crippen LogP contribution in [0, 0.1) is 0 Å². The second-order valence-corrected chi connectivity index (χ2v) is 7.88. The largest absolute Gasteiger partial charge is 0.495 e. The van der Waals surface area contributed by atoms with Crippen LogP contribution in [0.5, 0.6) is 5.75 Å². The molecule has 4 rings (SSSR count). The number of pyridine rings is 1. The first kappa shape index (κ1) is 20.5. The van der Waals surface area contributed by atoms with Gasteiger partial charge < -0.3 is 15.0 Å². The molecule has 1 N–H and O–H groups in total. The summed E-state index contributed by atoms with van der Waals surface area (Å²) in [7, 11) is 1.75. The molecule has 0 radical (unpaired) electrons. The zero-order valence-corrected chi connectivity index (χ0v) is 17.9. The summed E-state index contributed by atoms with van der Waals surface area (Å²) in [6.07, 6.45) is 3.67. The van der Waals surface area contributed by atoms with Crippen LogP contribution >= 0.6 is 0 Å². The molecule has 30 heavy (non-hydrogen) atoms. The van der Waals surface area contributed by atoms with Crippen molar-refractivity contribution in [1.29, 1.82) is 0 Å². The average Bonchev–Trinajstić information content (AvgIpc) is 2.81. The highest BCUT2D eigenvalue weighted by atomic mass is 16.5. The molecule has 0 bridgehead atoms. The van der Waals surface area contributed by atoms with Gasteiger partial charge in [-0.15, -0.1) is 0 Å². The maximum absolute atomic E-state index is 5.52. The molecule has 0 unspecified atom stereocenters. The number of benzene rings is 2. The molecule has 0 atom stereocenters. The van der Waals surface area contributed by atoms with Crippen LogP contribution in [0.1, 0.15) is 19.3 Å². The zero-order valence-electron chi connectivity index (χ0n) is 17.9. The summed E-state index contributed by atoms with van der Waals surface area (Å²) in [5.74, 6) is 1.94. The highest BCUT2D eigenvalue weighted by Gasteiger charge is 2.18. The highest BCUT2D eigenvalue weighted by Crippen LogP contribution is 2.28. The van der Waals surface area contributed by atoms with Gasteiger partial charge in [-0.1, -0.05) is 36.8 Å². The standard InChI is InChI=1S/C25H32N4O/c1-30-24-12-6-5-11-23(24)29-19-17-28(18-20-29)16-8-2-7-15-26-25-14-13-21-9-3-4-10-22(21)27-25/h3-6,9-14H,2,7-8,15-20H2,1H3,(H,26,27). The van der Waals surface area contributed by atoms with E-state index < -0.39 is 0 Å². The predicted molar refractivity (Wildman–Crippen MR) is 126 cm³/mol. The van der Waals surface area contributed by atoms with E-state index in [9.17, 15) is 0 Å². The number of para-hydroxylation sites is 3. The number of hydrogen-bond acceptors (Lipinski definition) is 5. The number of methoxy groups -OCH3 is 1. The molecule has 5 heteroatoms. The van der Waals surface area contributed by atoms with Crippen LogP contribution in [0.2, 0.25) is 0 Å². The van der Waals surface area contributed by atoms with Gasteiger partial charge in [0.2, 0.25) is 0 Å². The molecule has 0 spiro atoms. The molecular formula is C25H32N4O. The minimum Gasteiger partial charge on any atom is -0.495 e. The summed E-state index contributed by atoms with van der Waals surface area (Å²) >= 11 is 0. The Morgan fingerprint density at radius 3 is 2.53 bits per heavy atom. The average molecular weight is 405 g/mol. The van der Waals surface area contributed by atoms with E-state index in [1.54, 1.807) is 7.11 Å². The minimum absolute atomic E-state index is 0.972. The van der Waals surface area contributed by atoms with Gasteiger partial charge in [0, 0.05) is 38.1 Å². The SMILES string of the molecule is COc1ccccc1N1CCN(CCCCCNc2ccc3ccccc3n2)CC1. The van der Waals surface area contributed by atoms with Gasteiger partial charge in [0.15, 0.2) is 0 Å². The van der Waals surface area contributed by atoms with Gasteiger partial charge in [-0.2, -0.15) is 0 Å². The molecule has 5 nitrogen and oxygen atoms in total. The van der Waals surface area contributed by atoms with Crippen molar-refractivity contribution in [1.82, 2.24) is 9.88 Å². The first-order valence-electron chi connectivity index (χ1n) is 11.0. The lowest BCUT2D eigenvalue weighted by Crippen LogP contribution is -2.46. The van der Waals surface area contributed by atoms with Crippen LogP contribution in [0.25, 0.3) is 10.9 Å². The van der Waals surface area contributed by atoms with Gasteiger partial charge in [-0.25, -0.2) is 4.98 Å². The number of ether oxygens (including phenoxy) is 1. The molecule has 0 saturated carbocycles. The fourth-order valence-electron chi connectivity index (χ4n) is 4.12. The Labute approximate surface area is 179 Å². The first-order chi connectivity index (χ1) is 14.8. The van der Waals surface area contributed by atoms with E-state index in [2.05, 4.69) is 62.6 Å². The monoisotopic (exact) mass is 404 g/mol. The second kappa shape index (κ2) is 10.3. The Morgan fingerprint density at radius 1 is 0.867 bits per heavy atom. The Kier molecular flexibility index (Phi) is 7.03. The van der Waals surface area contributed by atoms with Gasteiger partial charge in [0.1, 0.15) is 11.6 Å². The van der Waals surface area contributed by atoms with Crippen molar-refractivity contribution in [2.75, 3.05) is 56.6 Å². The molecule has 0 amide bonds. The van der Waals surface area contributed by atoms with E-state index in [0.717, 1.165) is 49.8 Å². The topological polar surface area (TPSA) is 40.6 Å². The van der Waals surface area contributed by atoms with Crippen molar-refractivity contribution in [2.45, 2.75) is 19.3 Å². The van der Waals surface area contributed by atoms with Crippen molar-refractivity contribution in [3.63, 3.8) is 0 Å². The fourth-order valence-corrected chi connectivity index (χ4v) is 4.12. The Bertz CT molecular complexity index is 937. The van der Waals surface area contributed by atoms with E-state index in [1.807, 2.05) is 18.2 Å². The Hall–Kier alpha value is -2.79. The van der Waals surface area contributed by atoms with Crippen molar-refractivity contribution in [2.24, 2.45) is 0 Å².